The van der Waals surface area contributed by atoms with Crippen LogP contribution in [0.4, 0.5) is 4.79 Å². The second-order valence-corrected chi connectivity index (χ2v) is 7.89. The molecule has 128 valence electrons. The lowest BCUT2D eigenvalue weighted by Crippen LogP contribution is -2.07. The molecule has 0 atom stereocenters. The third-order valence-corrected chi connectivity index (χ3v) is 5.71. The summed E-state index contributed by atoms with van der Waals surface area (Å²) in [6.07, 6.45) is 0.106. The Hall–Kier alpha value is -2.02. The van der Waals surface area contributed by atoms with Gasteiger partial charge in [-0.2, -0.15) is 0 Å². The molecule has 0 radical (unpaired) electrons. The van der Waals surface area contributed by atoms with Crippen molar-refractivity contribution < 1.29 is 14.6 Å². The molecule has 1 aliphatic rings. The van der Waals surface area contributed by atoms with E-state index >= 15 is 0 Å². The molecule has 2 heterocycles. The predicted molar refractivity (Wildman–Crippen MR) is 97.7 cm³/mol. The molecule has 0 spiro atoms. The van der Waals surface area contributed by atoms with E-state index in [1.807, 2.05) is 6.92 Å². The van der Waals surface area contributed by atoms with Crippen molar-refractivity contribution >= 4 is 40.7 Å². The topological polar surface area (TPSA) is 64.3 Å². The van der Waals surface area contributed by atoms with E-state index in [0.29, 0.717) is 22.2 Å². The molecule has 0 unspecified atom stereocenters. The average Bonchev–Trinajstić information content (AvgIpc) is 3.06. The zero-order valence-corrected chi connectivity index (χ0v) is 15.4. The molecular formula is C17H12Cl2N2O3S. The zero-order chi connectivity index (χ0) is 17.7. The Morgan fingerprint density at radius 1 is 1.32 bits per heavy atom. The van der Waals surface area contributed by atoms with E-state index in [4.69, 9.17) is 33.0 Å². The Bertz CT molecular complexity index is 1010. The molecule has 0 saturated carbocycles. The molecule has 0 amide bonds. The molecule has 0 aliphatic heterocycles. The highest BCUT2D eigenvalue weighted by atomic mass is 35.5. The van der Waals surface area contributed by atoms with Crippen molar-refractivity contribution in [2.45, 2.75) is 19.8 Å². The maximum absolute atomic E-state index is 11.0. The minimum atomic E-state index is -1.39. The Balaban J connectivity index is 1.99. The number of ether oxygens (including phenoxy) is 1. The van der Waals surface area contributed by atoms with Crippen molar-refractivity contribution in [1.82, 2.24) is 9.78 Å². The summed E-state index contributed by atoms with van der Waals surface area (Å²) in [5.74, 6) is 0.100. The van der Waals surface area contributed by atoms with Crippen LogP contribution in [0.2, 0.25) is 10.0 Å². The number of nitrogens with zero attached hydrogens (tertiary/aromatic N) is 2. The molecule has 8 heteroatoms. The fourth-order valence-electron chi connectivity index (χ4n) is 3.11. The Morgan fingerprint density at radius 3 is 2.84 bits per heavy atom. The normalized spacial score (nSPS) is 12.6. The SMILES string of the molecule is Cc1cc2c(s1)CCc1c(OC(=O)O)nn(-c3ccc(Cl)cc3Cl)c1-2. The number of carbonyl (C=O) groups is 1. The van der Waals surface area contributed by atoms with Gasteiger partial charge in [-0.05, 0) is 44.0 Å². The van der Waals surface area contributed by atoms with Gasteiger partial charge in [0.25, 0.3) is 0 Å². The van der Waals surface area contributed by atoms with E-state index in [0.717, 1.165) is 23.2 Å². The lowest BCUT2D eigenvalue weighted by atomic mass is 9.96. The predicted octanol–water partition coefficient (Wildman–Crippen LogP) is 5.37. The van der Waals surface area contributed by atoms with E-state index in [2.05, 4.69) is 11.2 Å². The van der Waals surface area contributed by atoms with Crippen molar-refractivity contribution in [3.63, 3.8) is 0 Å². The first-order chi connectivity index (χ1) is 11.9. The molecule has 1 aromatic carbocycles. The second-order valence-electron chi connectivity index (χ2n) is 5.70. The van der Waals surface area contributed by atoms with Gasteiger partial charge in [0.15, 0.2) is 0 Å². The summed E-state index contributed by atoms with van der Waals surface area (Å²) >= 11 is 14.1. The van der Waals surface area contributed by atoms with Crippen LogP contribution in [-0.2, 0) is 12.8 Å². The molecule has 2 aromatic heterocycles. The van der Waals surface area contributed by atoms with Gasteiger partial charge in [0.1, 0.15) is 0 Å². The van der Waals surface area contributed by atoms with Crippen LogP contribution in [0.3, 0.4) is 0 Å². The van der Waals surface area contributed by atoms with Crippen LogP contribution >= 0.6 is 34.5 Å². The monoisotopic (exact) mass is 394 g/mol. The van der Waals surface area contributed by atoms with Gasteiger partial charge < -0.3 is 9.84 Å². The Kier molecular flexibility index (Phi) is 3.98. The van der Waals surface area contributed by atoms with Gasteiger partial charge >= 0.3 is 6.16 Å². The number of aromatic nitrogens is 2. The first-order valence-electron chi connectivity index (χ1n) is 7.52. The molecule has 3 aromatic rings. The maximum Gasteiger partial charge on any atom is 0.512 e. The molecule has 0 fully saturated rings. The number of carboxylic acid groups (broad SMARTS) is 1. The van der Waals surface area contributed by atoms with Crippen molar-refractivity contribution in [1.29, 1.82) is 0 Å². The highest BCUT2D eigenvalue weighted by molar-refractivity contribution is 7.12. The average molecular weight is 395 g/mol. The van der Waals surface area contributed by atoms with E-state index < -0.39 is 6.16 Å². The van der Waals surface area contributed by atoms with Crippen molar-refractivity contribution in [2.75, 3.05) is 0 Å². The molecule has 5 nitrogen and oxygen atoms in total. The van der Waals surface area contributed by atoms with E-state index in [1.54, 1.807) is 34.2 Å². The van der Waals surface area contributed by atoms with E-state index in [-0.39, 0.29) is 5.88 Å². The van der Waals surface area contributed by atoms with Gasteiger partial charge in [-0.15, -0.1) is 16.4 Å². The number of hydrogen-bond acceptors (Lipinski definition) is 4. The van der Waals surface area contributed by atoms with Gasteiger partial charge in [-0.1, -0.05) is 23.2 Å². The molecule has 0 saturated heterocycles. The van der Waals surface area contributed by atoms with E-state index in [1.165, 1.54) is 9.75 Å². The molecular weight excluding hydrogens is 383 g/mol. The van der Waals surface area contributed by atoms with Gasteiger partial charge in [0, 0.05) is 25.9 Å². The maximum atomic E-state index is 11.0. The summed E-state index contributed by atoms with van der Waals surface area (Å²) in [6.45, 7) is 2.05. The Labute approximate surface area is 157 Å². The second kappa shape index (κ2) is 6.05. The zero-order valence-electron chi connectivity index (χ0n) is 13.0. The summed E-state index contributed by atoms with van der Waals surface area (Å²) in [7, 11) is 0. The quantitative estimate of drug-likeness (QED) is 0.593. The summed E-state index contributed by atoms with van der Waals surface area (Å²) in [5.41, 5.74) is 3.27. The number of halogens is 2. The van der Waals surface area contributed by atoms with Crippen LogP contribution in [0.15, 0.2) is 24.3 Å². The minimum absolute atomic E-state index is 0.100. The smallest absolute Gasteiger partial charge is 0.449 e. The molecule has 25 heavy (non-hydrogen) atoms. The van der Waals surface area contributed by atoms with Crippen LogP contribution in [0.25, 0.3) is 16.9 Å². The number of hydrogen-bond donors (Lipinski definition) is 1. The molecule has 1 aliphatic carbocycles. The Morgan fingerprint density at radius 2 is 2.12 bits per heavy atom. The first kappa shape index (κ1) is 16.4. The summed E-state index contributed by atoms with van der Waals surface area (Å²) < 4.78 is 6.57. The summed E-state index contributed by atoms with van der Waals surface area (Å²) in [4.78, 5) is 13.5. The molecule has 4 rings (SSSR count). The fourth-order valence-corrected chi connectivity index (χ4v) is 4.64. The molecule has 1 N–H and O–H groups in total. The number of fused-ring (bicyclic) bond motifs is 3. The van der Waals surface area contributed by atoms with Gasteiger partial charge in [0.05, 0.1) is 16.4 Å². The number of thiophene rings is 1. The van der Waals surface area contributed by atoms with Crippen molar-refractivity contribution in [2.24, 2.45) is 0 Å². The first-order valence-corrected chi connectivity index (χ1v) is 9.09. The van der Waals surface area contributed by atoms with Crippen molar-refractivity contribution in [3.8, 4) is 22.8 Å². The van der Waals surface area contributed by atoms with Crippen LogP contribution < -0.4 is 4.74 Å². The third kappa shape index (κ3) is 2.80. The third-order valence-electron chi connectivity index (χ3n) is 4.06. The van der Waals surface area contributed by atoms with Gasteiger partial charge in [-0.3, -0.25) is 0 Å². The number of aryl methyl sites for hydroxylation is 2. The largest absolute Gasteiger partial charge is 0.512 e. The van der Waals surface area contributed by atoms with Crippen LogP contribution in [0, 0.1) is 6.92 Å². The standard InChI is InChI=1S/C17H12Cl2N2O3S/c1-8-6-11-14(25-8)5-3-10-15(11)21(20-16(10)24-17(22)23)13-4-2-9(18)7-12(13)19/h2,4,6-7H,3,5H2,1H3,(H,22,23). The van der Waals surface area contributed by atoms with Crippen LogP contribution in [0.5, 0.6) is 5.88 Å². The highest BCUT2D eigenvalue weighted by Gasteiger charge is 2.29. The highest BCUT2D eigenvalue weighted by Crippen LogP contribution is 2.43. The van der Waals surface area contributed by atoms with E-state index in [9.17, 15) is 4.79 Å². The van der Waals surface area contributed by atoms with Crippen LogP contribution in [-0.4, -0.2) is 21.0 Å². The lowest BCUT2D eigenvalue weighted by molar-refractivity contribution is 0.142. The summed E-state index contributed by atoms with van der Waals surface area (Å²) in [5, 5.41) is 14.4. The number of benzene rings is 1. The minimum Gasteiger partial charge on any atom is -0.449 e. The molecule has 0 bridgehead atoms. The lowest BCUT2D eigenvalue weighted by Gasteiger charge is -2.15. The summed E-state index contributed by atoms with van der Waals surface area (Å²) in [6, 6.07) is 7.20. The number of rotatable bonds is 2. The van der Waals surface area contributed by atoms with Crippen molar-refractivity contribution in [3.05, 3.63) is 49.6 Å². The van der Waals surface area contributed by atoms with Crippen LogP contribution in [0.1, 0.15) is 15.3 Å². The fraction of sp³-hybridized carbons (Fsp3) is 0.176. The van der Waals surface area contributed by atoms with Gasteiger partial charge in [0.2, 0.25) is 5.88 Å². The van der Waals surface area contributed by atoms with Gasteiger partial charge in [-0.25, -0.2) is 9.48 Å².